The van der Waals surface area contributed by atoms with Crippen molar-refractivity contribution in [2.75, 3.05) is 0 Å². The lowest BCUT2D eigenvalue weighted by molar-refractivity contribution is -0.163. The molecule has 0 amide bonds. The fourth-order valence-corrected chi connectivity index (χ4v) is 1.32. The molecule has 0 saturated heterocycles. The summed E-state index contributed by atoms with van der Waals surface area (Å²) in [6.45, 7) is -0.493. The number of phenols is 1. The average molecular weight is 259 g/mol. The summed E-state index contributed by atoms with van der Waals surface area (Å²) in [5.74, 6) is -1.48. The Morgan fingerprint density at radius 2 is 1.53 bits per heavy atom. The van der Waals surface area contributed by atoms with Crippen molar-refractivity contribution >= 4 is 0 Å². The number of hydrogen-bond donors (Lipinski definition) is 2. The van der Waals surface area contributed by atoms with E-state index in [0.717, 1.165) is 0 Å². The molecule has 3 N–H and O–H groups in total. The van der Waals surface area contributed by atoms with Crippen molar-refractivity contribution in [1.29, 1.82) is 0 Å². The number of benzene rings is 1. The minimum atomic E-state index is -5.31. The van der Waals surface area contributed by atoms with Crippen LogP contribution in [0.15, 0.2) is 12.1 Å². The van der Waals surface area contributed by atoms with Gasteiger partial charge >= 0.3 is 12.4 Å². The van der Waals surface area contributed by atoms with Gasteiger partial charge in [0.15, 0.2) is 0 Å². The van der Waals surface area contributed by atoms with Crippen LogP contribution in [-0.4, -0.2) is 5.11 Å². The van der Waals surface area contributed by atoms with Crippen LogP contribution in [0, 0.1) is 0 Å². The van der Waals surface area contributed by atoms with Gasteiger partial charge in [-0.15, -0.1) is 0 Å². The summed E-state index contributed by atoms with van der Waals surface area (Å²) in [7, 11) is 0. The second-order valence-electron chi connectivity index (χ2n) is 3.20. The minimum absolute atomic E-state index is 0.255. The molecule has 0 fully saturated rings. The molecule has 1 aromatic rings. The quantitative estimate of drug-likeness (QED) is 0.762. The Kier molecular flexibility index (Phi) is 3.28. The van der Waals surface area contributed by atoms with E-state index in [1.54, 1.807) is 0 Å². The zero-order chi connectivity index (χ0) is 13.4. The smallest absolute Gasteiger partial charge is 0.420 e. The Hall–Kier alpha value is -1.44. The van der Waals surface area contributed by atoms with Crippen LogP contribution in [0.25, 0.3) is 0 Å². The van der Waals surface area contributed by atoms with E-state index in [4.69, 9.17) is 10.8 Å². The molecule has 1 aromatic carbocycles. The van der Waals surface area contributed by atoms with Gasteiger partial charge in [0, 0.05) is 12.1 Å². The second kappa shape index (κ2) is 4.10. The molecular formula is C9H7F6NO. The van der Waals surface area contributed by atoms with E-state index in [-0.39, 0.29) is 6.07 Å². The normalized spacial score (nSPS) is 12.9. The van der Waals surface area contributed by atoms with Crippen molar-refractivity contribution in [3.8, 4) is 5.75 Å². The van der Waals surface area contributed by atoms with Crippen molar-refractivity contribution < 1.29 is 31.4 Å². The molecule has 0 aliphatic heterocycles. The number of nitrogens with two attached hydrogens (primary N) is 1. The highest BCUT2D eigenvalue weighted by atomic mass is 19.4. The van der Waals surface area contributed by atoms with Crippen LogP contribution >= 0.6 is 0 Å². The van der Waals surface area contributed by atoms with Gasteiger partial charge in [-0.2, -0.15) is 26.3 Å². The maximum absolute atomic E-state index is 12.5. The monoisotopic (exact) mass is 259 g/mol. The number of halogens is 6. The lowest BCUT2D eigenvalue weighted by Crippen LogP contribution is -2.17. The van der Waals surface area contributed by atoms with Gasteiger partial charge in [0.25, 0.3) is 0 Å². The van der Waals surface area contributed by atoms with Crippen molar-refractivity contribution in [2.24, 2.45) is 5.73 Å². The van der Waals surface area contributed by atoms with Gasteiger partial charge in [0.2, 0.25) is 0 Å². The van der Waals surface area contributed by atoms with Crippen molar-refractivity contribution in [3.63, 3.8) is 0 Å². The standard InChI is InChI=1S/C9H7F6NO/c10-8(11,12)5-2-1-4(3-16)7(17)6(5)9(13,14)15/h1-2,17H,3,16H2. The van der Waals surface area contributed by atoms with E-state index >= 15 is 0 Å². The molecule has 1 rings (SSSR count). The van der Waals surface area contributed by atoms with Crippen LogP contribution in [0.3, 0.4) is 0 Å². The summed E-state index contributed by atoms with van der Waals surface area (Å²) < 4.78 is 74.4. The fraction of sp³-hybridized carbons (Fsp3) is 0.333. The molecule has 17 heavy (non-hydrogen) atoms. The Bertz CT molecular complexity index is 423. The molecular weight excluding hydrogens is 252 g/mol. The second-order valence-corrected chi connectivity index (χ2v) is 3.20. The number of phenolic OH excluding ortho intramolecular Hbond substituents is 1. The third-order valence-corrected chi connectivity index (χ3v) is 2.07. The zero-order valence-electron chi connectivity index (χ0n) is 8.15. The van der Waals surface area contributed by atoms with Gasteiger partial charge in [-0.3, -0.25) is 0 Å². The molecule has 0 aliphatic carbocycles. The number of hydrogen-bond acceptors (Lipinski definition) is 2. The molecule has 0 aliphatic rings. The van der Waals surface area contributed by atoms with Crippen molar-refractivity contribution in [3.05, 3.63) is 28.8 Å². The van der Waals surface area contributed by atoms with Gasteiger partial charge in [-0.05, 0) is 6.07 Å². The summed E-state index contributed by atoms with van der Waals surface area (Å²) in [5.41, 5.74) is 0.581. The van der Waals surface area contributed by atoms with Crippen LogP contribution in [0.5, 0.6) is 5.75 Å². The molecule has 0 heterocycles. The predicted molar refractivity (Wildman–Crippen MR) is 46.0 cm³/mol. The Morgan fingerprint density at radius 3 is 1.88 bits per heavy atom. The topological polar surface area (TPSA) is 46.2 Å². The Labute approximate surface area is 91.7 Å². The molecule has 8 heteroatoms. The number of alkyl halides is 6. The minimum Gasteiger partial charge on any atom is -0.507 e. The van der Waals surface area contributed by atoms with Crippen molar-refractivity contribution in [1.82, 2.24) is 0 Å². The van der Waals surface area contributed by atoms with E-state index in [9.17, 15) is 26.3 Å². The van der Waals surface area contributed by atoms with E-state index < -0.39 is 41.3 Å². The first-order valence-electron chi connectivity index (χ1n) is 4.28. The van der Waals surface area contributed by atoms with E-state index in [1.807, 2.05) is 0 Å². The van der Waals surface area contributed by atoms with Crippen LogP contribution in [0.1, 0.15) is 16.7 Å². The number of rotatable bonds is 1. The number of aromatic hydroxyl groups is 1. The fourth-order valence-electron chi connectivity index (χ4n) is 1.32. The third-order valence-electron chi connectivity index (χ3n) is 2.07. The van der Waals surface area contributed by atoms with Crippen LogP contribution in [0.4, 0.5) is 26.3 Å². The molecule has 0 bridgehead atoms. The highest BCUT2D eigenvalue weighted by molar-refractivity contribution is 5.48. The van der Waals surface area contributed by atoms with E-state index in [2.05, 4.69) is 0 Å². The maximum atomic E-state index is 12.5. The lowest BCUT2D eigenvalue weighted by atomic mass is 10.0. The third kappa shape index (κ3) is 2.63. The molecule has 0 aromatic heterocycles. The molecule has 0 saturated carbocycles. The SMILES string of the molecule is NCc1ccc(C(F)(F)F)c(C(F)(F)F)c1O. The van der Waals surface area contributed by atoms with Gasteiger partial charge in [-0.25, -0.2) is 0 Å². The average Bonchev–Trinajstić information content (AvgIpc) is 2.13. The van der Waals surface area contributed by atoms with Gasteiger partial charge < -0.3 is 10.8 Å². The predicted octanol–water partition coefficient (Wildman–Crippen LogP) is 2.89. The summed E-state index contributed by atoms with van der Waals surface area (Å²) in [6.07, 6.45) is -10.5. The Balaban J connectivity index is 3.59. The van der Waals surface area contributed by atoms with Gasteiger partial charge in [0.1, 0.15) is 11.3 Å². The van der Waals surface area contributed by atoms with Crippen LogP contribution in [-0.2, 0) is 18.9 Å². The Morgan fingerprint density at radius 1 is 1.00 bits per heavy atom. The van der Waals surface area contributed by atoms with Crippen molar-refractivity contribution in [2.45, 2.75) is 18.9 Å². The maximum Gasteiger partial charge on any atom is 0.420 e. The molecule has 0 spiro atoms. The molecule has 0 atom stereocenters. The lowest BCUT2D eigenvalue weighted by Gasteiger charge is -2.18. The summed E-state index contributed by atoms with van der Waals surface area (Å²) in [5, 5.41) is 9.17. The molecule has 2 nitrogen and oxygen atoms in total. The molecule has 96 valence electrons. The zero-order valence-corrected chi connectivity index (χ0v) is 8.15. The van der Waals surface area contributed by atoms with Crippen LogP contribution in [0.2, 0.25) is 0 Å². The van der Waals surface area contributed by atoms with Crippen LogP contribution < -0.4 is 5.73 Å². The highest BCUT2D eigenvalue weighted by Gasteiger charge is 2.45. The van der Waals surface area contributed by atoms with E-state index in [0.29, 0.717) is 6.07 Å². The largest absolute Gasteiger partial charge is 0.507 e. The van der Waals surface area contributed by atoms with Gasteiger partial charge in [0.05, 0.1) is 5.56 Å². The highest BCUT2D eigenvalue weighted by Crippen LogP contribution is 2.45. The van der Waals surface area contributed by atoms with Gasteiger partial charge in [-0.1, -0.05) is 6.07 Å². The summed E-state index contributed by atoms with van der Waals surface area (Å²) in [6, 6.07) is 0.970. The van der Waals surface area contributed by atoms with E-state index in [1.165, 1.54) is 0 Å². The molecule has 0 radical (unpaired) electrons. The summed E-state index contributed by atoms with van der Waals surface area (Å²) >= 11 is 0. The molecule has 0 unspecified atom stereocenters. The summed E-state index contributed by atoms with van der Waals surface area (Å²) in [4.78, 5) is 0. The first-order valence-corrected chi connectivity index (χ1v) is 4.28. The first kappa shape index (κ1) is 13.6. The first-order chi connectivity index (χ1) is 7.59.